The van der Waals surface area contributed by atoms with E-state index in [-0.39, 0.29) is 18.9 Å². The van der Waals surface area contributed by atoms with Crippen LogP contribution in [0.2, 0.25) is 0 Å². The lowest BCUT2D eigenvalue weighted by Crippen LogP contribution is -2.20. The maximum Gasteiger partial charge on any atom is 0.309 e. The van der Waals surface area contributed by atoms with E-state index in [9.17, 15) is 9.59 Å². The first-order chi connectivity index (χ1) is 10.4. The molecule has 2 N–H and O–H groups in total. The third kappa shape index (κ3) is 4.85. The molecule has 0 unspecified atom stereocenters. The summed E-state index contributed by atoms with van der Waals surface area (Å²) < 4.78 is 5.44. The Balaban J connectivity index is 1.87. The van der Waals surface area contributed by atoms with Gasteiger partial charge in [0.2, 0.25) is 0 Å². The molecule has 0 saturated carbocycles. The number of anilines is 1. The second-order valence-electron chi connectivity index (χ2n) is 4.87. The molecular formula is C15H16N2O4S. The number of amides is 1. The Morgan fingerprint density at radius 3 is 2.59 bits per heavy atom. The molecule has 0 aliphatic heterocycles. The van der Waals surface area contributed by atoms with Crippen molar-refractivity contribution < 1.29 is 19.4 Å². The van der Waals surface area contributed by atoms with E-state index >= 15 is 0 Å². The first kappa shape index (κ1) is 16.0. The molecule has 0 aliphatic carbocycles. The van der Waals surface area contributed by atoms with Crippen LogP contribution >= 0.6 is 11.3 Å². The number of nitrogens with one attached hydrogen (secondary N) is 1. The van der Waals surface area contributed by atoms with Gasteiger partial charge in [-0.1, -0.05) is 6.07 Å². The minimum atomic E-state index is -0.957. The zero-order chi connectivity index (χ0) is 16.1. The van der Waals surface area contributed by atoms with Gasteiger partial charge >= 0.3 is 5.97 Å². The maximum absolute atomic E-state index is 11.8. The minimum Gasteiger partial charge on any atom is -0.484 e. The number of hydrogen-bond donors (Lipinski definition) is 2. The van der Waals surface area contributed by atoms with Gasteiger partial charge in [-0.25, -0.2) is 4.98 Å². The van der Waals surface area contributed by atoms with Crippen molar-refractivity contribution in [2.75, 3.05) is 11.9 Å². The molecule has 1 aromatic carbocycles. The largest absolute Gasteiger partial charge is 0.484 e. The van der Waals surface area contributed by atoms with Crippen LogP contribution in [-0.2, 0) is 16.0 Å². The molecular weight excluding hydrogens is 304 g/mol. The van der Waals surface area contributed by atoms with E-state index in [1.54, 1.807) is 5.38 Å². The summed E-state index contributed by atoms with van der Waals surface area (Å²) in [7, 11) is 0. The van der Waals surface area contributed by atoms with Gasteiger partial charge in [-0.15, -0.1) is 11.3 Å². The minimum absolute atomic E-state index is 0.128. The highest BCUT2D eigenvalue weighted by atomic mass is 32.1. The number of thiazole rings is 1. The van der Waals surface area contributed by atoms with E-state index in [2.05, 4.69) is 10.3 Å². The fourth-order valence-electron chi connectivity index (χ4n) is 1.92. The fourth-order valence-corrected chi connectivity index (χ4v) is 2.65. The molecule has 0 saturated heterocycles. The van der Waals surface area contributed by atoms with Crippen LogP contribution < -0.4 is 10.1 Å². The summed E-state index contributed by atoms with van der Waals surface area (Å²) >= 11 is 1.18. The van der Waals surface area contributed by atoms with Crippen LogP contribution in [0.4, 0.5) is 5.13 Å². The molecule has 1 aromatic heterocycles. The van der Waals surface area contributed by atoms with Crippen LogP contribution in [0.3, 0.4) is 0 Å². The smallest absolute Gasteiger partial charge is 0.309 e. The summed E-state index contributed by atoms with van der Waals surface area (Å²) in [4.78, 5) is 26.4. The molecule has 0 spiro atoms. The summed E-state index contributed by atoms with van der Waals surface area (Å²) in [5.74, 6) is -0.657. The second kappa shape index (κ2) is 7.04. The topological polar surface area (TPSA) is 88.5 Å². The number of ether oxygens (including phenoxy) is 1. The van der Waals surface area contributed by atoms with E-state index in [0.29, 0.717) is 16.6 Å². The highest BCUT2D eigenvalue weighted by Gasteiger charge is 2.09. The van der Waals surface area contributed by atoms with Gasteiger partial charge in [0.1, 0.15) is 5.75 Å². The van der Waals surface area contributed by atoms with Gasteiger partial charge in [-0.05, 0) is 37.1 Å². The fraction of sp³-hybridized carbons (Fsp3) is 0.267. The van der Waals surface area contributed by atoms with Crippen LogP contribution in [0.15, 0.2) is 23.6 Å². The van der Waals surface area contributed by atoms with E-state index in [4.69, 9.17) is 9.84 Å². The summed E-state index contributed by atoms with van der Waals surface area (Å²) in [5, 5.41) is 13.2. The molecule has 0 fully saturated rings. The molecule has 2 aromatic rings. The number of carbonyl (C=O) groups excluding carboxylic acids is 1. The van der Waals surface area contributed by atoms with E-state index in [1.165, 1.54) is 11.3 Å². The number of carboxylic acids is 1. The number of hydrogen-bond acceptors (Lipinski definition) is 5. The van der Waals surface area contributed by atoms with E-state index < -0.39 is 5.97 Å². The average molecular weight is 320 g/mol. The molecule has 0 atom stereocenters. The van der Waals surface area contributed by atoms with Crippen molar-refractivity contribution in [3.05, 3.63) is 40.4 Å². The van der Waals surface area contributed by atoms with Crippen LogP contribution in [0, 0.1) is 13.8 Å². The molecule has 2 rings (SSSR count). The number of aliphatic carboxylic acids is 1. The Labute approximate surface area is 131 Å². The maximum atomic E-state index is 11.8. The molecule has 22 heavy (non-hydrogen) atoms. The van der Waals surface area contributed by atoms with Crippen molar-refractivity contribution in [3.63, 3.8) is 0 Å². The quantitative estimate of drug-likeness (QED) is 0.853. The average Bonchev–Trinajstić information content (AvgIpc) is 2.81. The highest BCUT2D eigenvalue weighted by molar-refractivity contribution is 7.13. The standard InChI is InChI=1S/C15H16N2O4S/c1-9-3-10(2)5-12(4-9)21-7-13(18)17-15-16-11(8-22-15)6-14(19)20/h3-5,8H,6-7H2,1-2H3,(H,19,20)(H,16,17,18). The molecule has 0 bridgehead atoms. The van der Waals surface area contributed by atoms with Crippen molar-refractivity contribution in [2.45, 2.75) is 20.3 Å². The summed E-state index contributed by atoms with van der Waals surface area (Å²) in [6.07, 6.45) is -0.161. The number of benzene rings is 1. The number of aromatic nitrogens is 1. The van der Waals surface area contributed by atoms with Gasteiger partial charge < -0.3 is 9.84 Å². The molecule has 0 aliphatic rings. The number of carboxylic acid groups (broad SMARTS) is 1. The predicted molar refractivity (Wildman–Crippen MR) is 83.5 cm³/mol. The number of nitrogens with zero attached hydrogens (tertiary/aromatic N) is 1. The predicted octanol–water partition coefficient (Wildman–Crippen LogP) is 2.40. The van der Waals surface area contributed by atoms with Crippen molar-refractivity contribution in [1.82, 2.24) is 4.98 Å². The van der Waals surface area contributed by atoms with Gasteiger partial charge in [0.15, 0.2) is 11.7 Å². The Morgan fingerprint density at radius 1 is 1.27 bits per heavy atom. The monoisotopic (exact) mass is 320 g/mol. The van der Waals surface area contributed by atoms with Crippen molar-refractivity contribution >= 4 is 28.3 Å². The molecule has 6 nitrogen and oxygen atoms in total. The molecule has 116 valence electrons. The third-order valence-corrected chi connectivity index (χ3v) is 3.50. The van der Waals surface area contributed by atoms with Crippen molar-refractivity contribution in [3.8, 4) is 5.75 Å². The first-order valence-corrected chi connectivity index (χ1v) is 7.47. The first-order valence-electron chi connectivity index (χ1n) is 6.59. The number of carbonyl (C=O) groups is 2. The zero-order valence-electron chi connectivity index (χ0n) is 12.3. The second-order valence-corrected chi connectivity index (χ2v) is 5.73. The Morgan fingerprint density at radius 2 is 1.95 bits per heavy atom. The zero-order valence-corrected chi connectivity index (χ0v) is 13.1. The number of aryl methyl sites for hydroxylation is 2. The third-order valence-electron chi connectivity index (χ3n) is 2.70. The van der Waals surface area contributed by atoms with Crippen LogP contribution in [-0.4, -0.2) is 28.6 Å². The van der Waals surface area contributed by atoms with Gasteiger partial charge in [-0.2, -0.15) is 0 Å². The molecule has 7 heteroatoms. The molecule has 1 amide bonds. The van der Waals surface area contributed by atoms with Gasteiger partial charge in [0, 0.05) is 5.38 Å². The normalized spacial score (nSPS) is 10.3. The van der Waals surface area contributed by atoms with E-state index in [0.717, 1.165) is 11.1 Å². The highest BCUT2D eigenvalue weighted by Crippen LogP contribution is 2.17. The van der Waals surface area contributed by atoms with Gasteiger partial charge in [0.05, 0.1) is 12.1 Å². The molecule has 0 radical (unpaired) electrons. The van der Waals surface area contributed by atoms with Crippen LogP contribution in [0.25, 0.3) is 0 Å². The lowest BCUT2D eigenvalue weighted by molar-refractivity contribution is -0.136. The SMILES string of the molecule is Cc1cc(C)cc(OCC(=O)Nc2nc(CC(=O)O)cs2)c1. The lowest BCUT2D eigenvalue weighted by atomic mass is 10.1. The van der Waals surface area contributed by atoms with Crippen molar-refractivity contribution in [2.24, 2.45) is 0 Å². The van der Waals surface area contributed by atoms with Crippen LogP contribution in [0.1, 0.15) is 16.8 Å². The Kier molecular flexibility index (Phi) is 5.11. The Hall–Kier alpha value is -2.41. The van der Waals surface area contributed by atoms with Gasteiger partial charge in [-0.3, -0.25) is 14.9 Å². The van der Waals surface area contributed by atoms with E-state index in [1.807, 2.05) is 32.0 Å². The Bertz CT molecular complexity index is 676. The lowest BCUT2D eigenvalue weighted by Gasteiger charge is -2.07. The summed E-state index contributed by atoms with van der Waals surface area (Å²) in [6.45, 7) is 3.79. The van der Waals surface area contributed by atoms with Gasteiger partial charge in [0.25, 0.3) is 5.91 Å². The summed E-state index contributed by atoms with van der Waals surface area (Å²) in [5.41, 5.74) is 2.55. The number of rotatable bonds is 6. The van der Waals surface area contributed by atoms with Crippen LogP contribution in [0.5, 0.6) is 5.75 Å². The molecule has 1 heterocycles. The summed E-state index contributed by atoms with van der Waals surface area (Å²) in [6, 6.07) is 5.73. The van der Waals surface area contributed by atoms with Crippen molar-refractivity contribution in [1.29, 1.82) is 0 Å².